The summed E-state index contributed by atoms with van der Waals surface area (Å²) < 4.78 is 0. The van der Waals surface area contributed by atoms with Gasteiger partial charge in [-0.1, -0.05) is 65.7 Å². The van der Waals surface area contributed by atoms with Gasteiger partial charge in [-0.15, -0.1) is 0 Å². The average molecular weight is 244 g/mol. The molecule has 17 heavy (non-hydrogen) atoms. The first kappa shape index (κ1) is 16.9. The molecule has 0 saturated heterocycles. The second-order valence-corrected chi connectivity index (χ2v) is 5.25. The highest BCUT2D eigenvalue weighted by atomic mass is 16.5. The molecule has 1 atom stereocenters. The topological polar surface area (TPSA) is 40.5 Å². The zero-order chi connectivity index (χ0) is 13.1. The number of hydrogen-bond acceptors (Lipinski definition) is 2. The molecule has 104 valence electrons. The van der Waals surface area contributed by atoms with Crippen LogP contribution in [-0.4, -0.2) is 16.0 Å². The van der Waals surface area contributed by atoms with Crippen LogP contribution in [0.3, 0.4) is 0 Å². The van der Waals surface area contributed by atoms with Crippen molar-refractivity contribution in [2.75, 3.05) is 0 Å². The predicted molar refractivity (Wildman–Crippen MR) is 73.9 cm³/mol. The number of aliphatic hydroxyl groups is 2. The van der Waals surface area contributed by atoms with Gasteiger partial charge in [0.2, 0.25) is 0 Å². The third kappa shape index (κ3) is 7.77. The molecule has 0 bridgehead atoms. The van der Waals surface area contributed by atoms with Gasteiger partial charge < -0.3 is 10.2 Å². The van der Waals surface area contributed by atoms with Gasteiger partial charge in [0.15, 0.2) is 5.79 Å². The lowest BCUT2D eigenvalue weighted by atomic mass is 9.88. The van der Waals surface area contributed by atoms with Crippen LogP contribution in [0, 0.1) is 5.92 Å². The van der Waals surface area contributed by atoms with E-state index in [2.05, 4.69) is 6.92 Å². The van der Waals surface area contributed by atoms with Gasteiger partial charge >= 0.3 is 0 Å². The van der Waals surface area contributed by atoms with E-state index in [1.807, 2.05) is 13.8 Å². The summed E-state index contributed by atoms with van der Waals surface area (Å²) in [6.07, 6.45) is 11.2. The molecule has 0 aromatic carbocycles. The summed E-state index contributed by atoms with van der Waals surface area (Å²) in [7, 11) is 0. The van der Waals surface area contributed by atoms with E-state index >= 15 is 0 Å². The molecular weight excluding hydrogens is 212 g/mol. The van der Waals surface area contributed by atoms with Crippen LogP contribution in [0.2, 0.25) is 0 Å². The van der Waals surface area contributed by atoms with E-state index in [1.165, 1.54) is 38.5 Å². The molecule has 0 heterocycles. The molecule has 0 fully saturated rings. The number of unbranched alkanes of at least 4 members (excludes halogenated alkanes) is 6. The Balaban J connectivity index is 3.57. The van der Waals surface area contributed by atoms with Gasteiger partial charge in [0.1, 0.15) is 0 Å². The van der Waals surface area contributed by atoms with Crippen molar-refractivity contribution < 1.29 is 10.2 Å². The van der Waals surface area contributed by atoms with Gasteiger partial charge in [0.05, 0.1) is 0 Å². The van der Waals surface area contributed by atoms with Crippen molar-refractivity contribution in [2.24, 2.45) is 5.92 Å². The second kappa shape index (κ2) is 9.90. The SMILES string of the molecule is CCCCCCCCCC(CC)C(O)(O)CC. The van der Waals surface area contributed by atoms with Crippen molar-refractivity contribution in [3.05, 3.63) is 0 Å². The summed E-state index contributed by atoms with van der Waals surface area (Å²) in [5.41, 5.74) is 0. The van der Waals surface area contributed by atoms with Gasteiger partial charge in [-0.25, -0.2) is 0 Å². The first-order valence-electron chi connectivity index (χ1n) is 7.53. The minimum absolute atomic E-state index is 0.0446. The van der Waals surface area contributed by atoms with Crippen LogP contribution >= 0.6 is 0 Å². The smallest absolute Gasteiger partial charge is 0.165 e. The third-order valence-corrected chi connectivity index (χ3v) is 3.82. The predicted octanol–water partition coefficient (Wildman–Crippen LogP) is 4.24. The van der Waals surface area contributed by atoms with Gasteiger partial charge in [0, 0.05) is 5.92 Å². The second-order valence-electron chi connectivity index (χ2n) is 5.25. The monoisotopic (exact) mass is 244 g/mol. The molecule has 0 aliphatic carbocycles. The van der Waals surface area contributed by atoms with Crippen LogP contribution in [-0.2, 0) is 0 Å². The van der Waals surface area contributed by atoms with Crippen molar-refractivity contribution in [3.63, 3.8) is 0 Å². The van der Waals surface area contributed by atoms with Crippen LogP contribution in [0.15, 0.2) is 0 Å². The minimum atomic E-state index is -1.45. The minimum Gasteiger partial charge on any atom is -0.365 e. The Labute approximate surface area is 107 Å². The highest BCUT2D eigenvalue weighted by molar-refractivity contribution is 4.73. The molecule has 2 nitrogen and oxygen atoms in total. The van der Waals surface area contributed by atoms with Crippen LogP contribution in [0.1, 0.15) is 85.0 Å². The van der Waals surface area contributed by atoms with Gasteiger partial charge in [-0.2, -0.15) is 0 Å². The molecule has 0 aromatic heterocycles. The van der Waals surface area contributed by atoms with Gasteiger partial charge in [-0.05, 0) is 19.3 Å². The van der Waals surface area contributed by atoms with Crippen LogP contribution < -0.4 is 0 Å². The zero-order valence-corrected chi connectivity index (χ0v) is 12.0. The highest BCUT2D eigenvalue weighted by Gasteiger charge is 2.30. The average Bonchev–Trinajstić information content (AvgIpc) is 2.32. The normalized spacial score (nSPS) is 13.9. The van der Waals surface area contributed by atoms with Crippen molar-refractivity contribution in [1.82, 2.24) is 0 Å². The quantitative estimate of drug-likeness (QED) is 0.421. The summed E-state index contributed by atoms with van der Waals surface area (Å²) in [6.45, 7) is 6.12. The number of hydrogen-bond donors (Lipinski definition) is 2. The van der Waals surface area contributed by atoms with Gasteiger partial charge in [-0.3, -0.25) is 0 Å². The molecule has 0 spiro atoms. The molecule has 0 aliphatic rings. The van der Waals surface area contributed by atoms with Crippen molar-refractivity contribution in [2.45, 2.75) is 90.8 Å². The lowest BCUT2D eigenvalue weighted by Crippen LogP contribution is -2.36. The first-order valence-corrected chi connectivity index (χ1v) is 7.53. The Morgan fingerprint density at radius 1 is 0.824 bits per heavy atom. The Morgan fingerprint density at radius 2 is 1.35 bits per heavy atom. The lowest BCUT2D eigenvalue weighted by molar-refractivity contribution is -0.204. The first-order chi connectivity index (χ1) is 8.08. The van der Waals surface area contributed by atoms with E-state index in [9.17, 15) is 10.2 Å². The van der Waals surface area contributed by atoms with Crippen LogP contribution in [0.25, 0.3) is 0 Å². The maximum Gasteiger partial charge on any atom is 0.165 e. The molecule has 0 amide bonds. The van der Waals surface area contributed by atoms with E-state index in [-0.39, 0.29) is 5.92 Å². The Morgan fingerprint density at radius 3 is 1.82 bits per heavy atom. The van der Waals surface area contributed by atoms with Crippen molar-refractivity contribution in [3.8, 4) is 0 Å². The van der Waals surface area contributed by atoms with Crippen molar-refractivity contribution >= 4 is 0 Å². The molecule has 0 aromatic rings. The molecule has 0 aliphatic heterocycles. The number of rotatable bonds is 11. The maximum absolute atomic E-state index is 9.81. The summed E-state index contributed by atoms with van der Waals surface area (Å²) in [5, 5.41) is 19.6. The zero-order valence-electron chi connectivity index (χ0n) is 12.0. The third-order valence-electron chi connectivity index (χ3n) is 3.82. The standard InChI is InChI=1S/C15H32O2/c1-4-7-8-9-10-11-12-13-14(5-2)15(16,17)6-3/h14,16-17H,4-13H2,1-3H3. The largest absolute Gasteiger partial charge is 0.365 e. The maximum atomic E-state index is 9.81. The summed E-state index contributed by atoms with van der Waals surface area (Å²) in [6, 6.07) is 0. The Hall–Kier alpha value is -0.0800. The van der Waals surface area contributed by atoms with Gasteiger partial charge in [0.25, 0.3) is 0 Å². The van der Waals surface area contributed by atoms with E-state index in [1.54, 1.807) is 0 Å². The van der Waals surface area contributed by atoms with Crippen LogP contribution in [0.4, 0.5) is 0 Å². The van der Waals surface area contributed by atoms with Crippen molar-refractivity contribution in [1.29, 1.82) is 0 Å². The molecule has 1 unspecified atom stereocenters. The van der Waals surface area contributed by atoms with Crippen LogP contribution in [0.5, 0.6) is 0 Å². The van der Waals surface area contributed by atoms with E-state index in [0.29, 0.717) is 6.42 Å². The molecule has 2 heteroatoms. The highest BCUT2D eigenvalue weighted by Crippen LogP contribution is 2.27. The van der Waals surface area contributed by atoms with E-state index in [0.717, 1.165) is 19.3 Å². The fourth-order valence-corrected chi connectivity index (χ4v) is 2.40. The summed E-state index contributed by atoms with van der Waals surface area (Å²) in [4.78, 5) is 0. The molecule has 2 N–H and O–H groups in total. The molecule has 0 saturated carbocycles. The lowest BCUT2D eigenvalue weighted by Gasteiger charge is -2.29. The summed E-state index contributed by atoms with van der Waals surface area (Å²) in [5.74, 6) is -1.40. The fourth-order valence-electron chi connectivity index (χ4n) is 2.40. The Kier molecular flexibility index (Phi) is 9.85. The molecule has 0 radical (unpaired) electrons. The fraction of sp³-hybridized carbons (Fsp3) is 1.00. The molecule has 0 rings (SSSR count). The molecular formula is C15H32O2. The van der Waals surface area contributed by atoms with E-state index in [4.69, 9.17) is 0 Å². The Bertz CT molecular complexity index is 166. The summed E-state index contributed by atoms with van der Waals surface area (Å²) >= 11 is 0. The van der Waals surface area contributed by atoms with E-state index < -0.39 is 5.79 Å².